The Hall–Kier alpha value is -2.39. The van der Waals surface area contributed by atoms with Gasteiger partial charge >= 0.3 is 6.09 Å². The molecule has 0 saturated carbocycles. The van der Waals surface area contributed by atoms with E-state index in [1.165, 1.54) is 11.2 Å². The average molecular weight is 407 g/mol. The minimum absolute atomic E-state index is 0.196. The second kappa shape index (κ2) is 8.16. The monoisotopic (exact) mass is 407 g/mol. The van der Waals surface area contributed by atoms with E-state index < -0.39 is 17.3 Å². The van der Waals surface area contributed by atoms with E-state index in [0.29, 0.717) is 49.6 Å². The Morgan fingerprint density at radius 2 is 2.07 bits per heavy atom. The van der Waals surface area contributed by atoms with Gasteiger partial charge in [-0.05, 0) is 33.8 Å². The second-order valence-corrected chi connectivity index (χ2v) is 8.47. The van der Waals surface area contributed by atoms with E-state index in [1.807, 2.05) is 27.7 Å². The van der Waals surface area contributed by atoms with Crippen LogP contribution in [0.1, 0.15) is 52.1 Å². The van der Waals surface area contributed by atoms with Gasteiger partial charge < -0.3 is 28.4 Å². The predicted molar refractivity (Wildman–Crippen MR) is 103 cm³/mol. The van der Waals surface area contributed by atoms with Gasteiger partial charge in [0.05, 0.1) is 11.8 Å². The number of amides is 1. The normalized spacial score (nSPS) is 17.7. The van der Waals surface area contributed by atoms with Gasteiger partial charge in [-0.15, -0.1) is 0 Å². The number of likely N-dealkylation sites (N-methyl/N-ethyl adjacent to an activating group) is 1. The van der Waals surface area contributed by atoms with Crippen LogP contribution in [0.15, 0.2) is 21.3 Å². The van der Waals surface area contributed by atoms with Crippen LogP contribution >= 0.6 is 0 Å². The molecule has 1 aliphatic heterocycles. The molecule has 1 atom stereocenters. The zero-order valence-corrected chi connectivity index (χ0v) is 17.6. The fraction of sp³-hybridized carbons (Fsp3) is 0.650. The van der Waals surface area contributed by atoms with Gasteiger partial charge in [-0.2, -0.15) is 4.98 Å². The molecule has 0 aromatic carbocycles. The average Bonchev–Trinajstić information content (AvgIpc) is 3.29. The highest BCUT2D eigenvalue weighted by atomic mass is 16.6. The molecule has 1 amide bonds. The van der Waals surface area contributed by atoms with Crippen LogP contribution in [0.25, 0.3) is 11.5 Å². The molecule has 3 heterocycles. The highest BCUT2D eigenvalue weighted by Crippen LogP contribution is 2.38. The largest absolute Gasteiger partial charge is 0.465 e. The summed E-state index contributed by atoms with van der Waals surface area (Å²) in [5.74, 6) is 1.14. The molecule has 0 unspecified atom stereocenters. The smallest absolute Gasteiger partial charge is 0.410 e. The molecule has 3 rings (SSSR count). The summed E-state index contributed by atoms with van der Waals surface area (Å²) in [6, 6.07) is 1.51. The minimum Gasteiger partial charge on any atom is -0.465 e. The first-order valence-corrected chi connectivity index (χ1v) is 9.76. The quantitative estimate of drug-likeness (QED) is 0.805. The third kappa shape index (κ3) is 4.97. The summed E-state index contributed by atoms with van der Waals surface area (Å²) in [7, 11) is 1.68. The summed E-state index contributed by atoms with van der Waals surface area (Å²) in [5.41, 5.74) is -1.11. The topological polar surface area (TPSA) is 111 Å². The van der Waals surface area contributed by atoms with Crippen molar-refractivity contribution in [2.24, 2.45) is 0 Å². The maximum atomic E-state index is 12.2. The highest BCUT2D eigenvalue weighted by Gasteiger charge is 2.38. The number of carbonyl (C=O) groups excluding carboxylic acids is 1. The van der Waals surface area contributed by atoms with Gasteiger partial charge in [-0.25, -0.2) is 4.79 Å². The Bertz CT molecular complexity index is 831. The lowest BCUT2D eigenvalue weighted by atomic mass is 9.89. The van der Waals surface area contributed by atoms with Gasteiger partial charge in [0.1, 0.15) is 17.0 Å². The molecule has 1 fully saturated rings. The minimum atomic E-state index is -1.12. The number of hydrogen-bond donors (Lipinski definition) is 1. The van der Waals surface area contributed by atoms with E-state index in [9.17, 15) is 9.90 Å². The van der Waals surface area contributed by atoms with Crippen LogP contribution in [-0.4, -0.2) is 58.1 Å². The van der Waals surface area contributed by atoms with Crippen LogP contribution < -0.4 is 0 Å². The number of aromatic nitrogens is 2. The van der Waals surface area contributed by atoms with Crippen molar-refractivity contribution >= 4 is 6.09 Å². The highest BCUT2D eigenvalue weighted by molar-refractivity contribution is 5.68. The van der Waals surface area contributed by atoms with E-state index in [-0.39, 0.29) is 11.9 Å². The molecular formula is C20H29N3O6. The Labute approximate surface area is 170 Å². The molecule has 0 radical (unpaired) electrons. The molecule has 1 aliphatic rings. The molecule has 1 saturated heterocycles. The zero-order valence-electron chi connectivity index (χ0n) is 17.6. The summed E-state index contributed by atoms with van der Waals surface area (Å²) in [6.45, 7) is 8.27. The fourth-order valence-corrected chi connectivity index (χ4v) is 3.14. The van der Waals surface area contributed by atoms with E-state index in [0.717, 1.165) is 0 Å². The molecule has 0 spiro atoms. The Balaban J connectivity index is 1.70. The van der Waals surface area contributed by atoms with Gasteiger partial charge in [0.2, 0.25) is 0 Å². The Kier molecular flexibility index (Phi) is 6.00. The summed E-state index contributed by atoms with van der Waals surface area (Å²) in [4.78, 5) is 18.2. The van der Waals surface area contributed by atoms with Gasteiger partial charge in [0.15, 0.2) is 5.82 Å². The molecule has 0 bridgehead atoms. The van der Waals surface area contributed by atoms with E-state index in [2.05, 4.69) is 10.1 Å². The van der Waals surface area contributed by atoms with E-state index >= 15 is 0 Å². The second-order valence-electron chi connectivity index (χ2n) is 8.47. The summed E-state index contributed by atoms with van der Waals surface area (Å²) in [6.07, 6.45) is 2.36. The lowest BCUT2D eigenvalue weighted by Gasteiger charge is -2.30. The molecule has 160 valence electrons. The van der Waals surface area contributed by atoms with E-state index in [1.54, 1.807) is 13.1 Å². The summed E-state index contributed by atoms with van der Waals surface area (Å²) >= 11 is 0. The van der Waals surface area contributed by atoms with Gasteiger partial charge in [0, 0.05) is 45.6 Å². The van der Waals surface area contributed by atoms with Crippen molar-refractivity contribution < 1.29 is 28.3 Å². The van der Waals surface area contributed by atoms with E-state index in [4.69, 9.17) is 18.4 Å². The molecule has 9 nitrogen and oxygen atoms in total. The zero-order chi connectivity index (χ0) is 21.2. The van der Waals surface area contributed by atoms with Crippen molar-refractivity contribution in [1.82, 2.24) is 15.0 Å². The van der Waals surface area contributed by atoms with Crippen molar-refractivity contribution in [3.63, 3.8) is 0 Å². The third-order valence-electron chi connectivity index (χ3n) is 4.93. The number of ether oxygens (including phenoxy) is 2. The first-order chi connectivity index (χ1) is 13.6. The number of furan rings is 1. The maximum Gasteiger partial charge on any atom is 0.410 e. The SMILES string of the molecule is C[C@H](Cc1noc(-c2ccoc2C2(O)CCOCC2)n1)N(C)C(=O)OC(C)(C)C. The Morgan fingerprint density at radius 1 is 1.38 bits per heavy atom. The summed E-state index contributed by atoms with van der Waals surface area (Å²) < 4.78 is 21.7. The number of aliphatic hydroxyl groups is 1. The van der Waals surface area contributed by atoms with Crippen LogP contribution in [0, 0.1) is 0 Å². The fourth-order valence-electron chi connectivity index (χ4n) is 3.14. The van der Waals surface area contributed by atoms with Crippen molar-refractivity contribution in [2.45, 2.75) is 64.2 Å². The molecule has 2 aromatic heterocycles. The first-order valence-electron chi connectivity index (χ1n) is 9.76. The summed E-state index contributed by atoms with van der Waals surface area (Å²) in [5, 5.41) is 15.0. The Morgan fingerprint density at radius 3 is 2.72 bits per heavy atom. The van der Waals surface area contributed by atoms with Gasteiger partial charge in [0.25, 0.3) is 5.89 Å². The molecular weight excluding hydrogens is 378 g/mol. The molecule has 9 heteroatoms. The molecule has 2 aromatic rings. The molecule has 29 heavy (non-hydrogen) atoms. The van der Waals surface area contributed by atoms with Crippen LogP contribution in [0.2, 0.25) is 0 Å². The van der Waals surface area contributed by atoms with Crippen LogP contribution in [0.3, 0.4) is 0 Å². The van der Waals surface area contributed by atoms with Crippen molar-refractivity contribution in [3.05, 3.63) is 23.9 Å². The molecule has 0 aliphatic carbocycles. The number of rotatable bonds is 5. The number of carbonyl (C=O) groups is 1. The number of hydrogen-bond acceptors (Lipinski definition) is 8. The van der Waals surface area contributed by atoms with Gasteiger partial charge in [-0.1, -0.05) is 5.16 Å². The lowest BCUT2D eigenvalue weighted by molar-refractivity contribution is -0.0797. The maximum absolute atomic E-state index is 12.2. The molecule has 1 N–H and O–H groups in total. The third-order valence-corrected chi connectivity index (χ3v) is 4.93. The standard InChI is InChI=1S/C20H29N3O6/c1-13(23(5)18(24)28-19(2,3)4)12-15-21-17(29-22-15)14-6-9-27-16(14)20(25)7-10-26-11-8-20/h6,9,13,25H,7-8,10-12H2,1-5H3/t13-/m1/s1. The lowest BCUT2D eigenvalue weighted by Crippen LogP contribution is -2.40. The van der Waals surface area contributed by atoms with Crippen LogP contribution in [-0.2, 0) is 21.5 Å². The van der Waals surface area contributed by atoms with Crippen molar-refractivity contribution in [1.29, 1.82) is 0 Å². The van der Waals surface area contributed by atoms with Crippen molar-refractivity contribution in [2.75, 3.05) is 20.3 Å². The predicted octanol–water partition coefficient (Wildman–Crippen LogP) is 3.13. The van der Waals surface area contributed by atoms with Crippen LogP contribution in [0.4, 0.5) is 4.79 Å². The van der Waals surface area contributed by atoms with Gasteiger partial charge in [-0.3, -0.25) is 0 Å². The van der Waals surface area contributed by atoms with Crippen LogP contribution in [0.5, 0.6) is 0 Å². The first kappa shape index (κ1) is 21.3. The number of nitrogens with zero attached hydrogens (tertiary/aromatic N) is 3. The van der Waals surface area contributed by atoms with Crippen molar-refractivity contribution in [3.8, 4) is 11.5 Å².